The molecule has 36 heavy (non-hydrogen) atoms. The molecule has 0 unspecified atom stereocenters. The van der Waals surface area contributed by atoms with Crippen molar-refractivity contribution in [3.8, 4) is 11.5 Å². The Hall–Kier alpha value is -3.83. The van der Waals surface area contributed by atoms with Crippen LogP contribution < -0.4 is 4.74 Å². The molecule has 0 N–H and O–H groups in total. The molecule has 1 heterocycles. The van der Waals surface area contributed by atoms with Gasteiger partial charge in [0.25, 0.3) is 11.1 Å². The van der Waals surface area contributed by atoms with Gasteiger partial charge in [-0.05, 0) is 59.3 Å². The van der Waals surface area contributed by atoms with E-state index in [2.05, 4.69) is 0 Å². The number of benzene rings is 3. The molecule has 184 valence electrons. The van der Waals surface area contributed by atoms with Crippen molar-refractivity contribution in [2.24, 2.45) is 0 Å². The minimum absolute atomic E-state index is 0.00240. The number of thioether (sulfide) groups is 1. The summed E-state index contributed by atoms with van der Waals surface area (Å²) < 4.78 is 44.3. The smallest absolute Gasteiger partial charge is 0.416 e. The Bertz CT molecular complexity index is 1410. The van der Waals surface area contributed by atoms with E-state index < -0.39 is 33.5 Å². The highest BCUT2D eigenvalue weighted by atomic mass is 35.5. The van der Waals surface area contributed by atoms with Crippen molar-refractivity contribution in [1.29, 1.82) is 0 Å². The highest BCUT2D eigenvalue weighted by Gasteiger charge is 2.35. The van der Waals surface area contributed by atoms with Gasteiger partial charge in [-0.15, -0.1) is 0 Å². The minimum Gasteiger partial charge on any atom is -0.450 e. The molecule has 0 aliphatic carbocycles. The van der Waals surface area contributed by atoms with Crippen LogP contribution in [0.15, 0.2) is 71.6 Å². The first kappa shape index (κ1) is 25.3. The van der Waals surface area contributed by atoms with E-state index in [1.54, 1.807) is 30.3 Å². The third kappa shape index (κ3) is 5.52. The van der Waals surface area contributed by atoms with Gasteiger partial charge in [0.05, 0.1) is 21.9 Å². The van der Waals surface area contributed by atoms with Gasteiger partial charge in [0, 0.05) is 11.1 Å². The van der Waals surface area contributed by atoms with Crippen LogP contribution in [0.5, 0.6) is 11.5 Å². The van der Waals surface area contributed by atoms with Crippen LogP contribution in [0.4, 0.5) is 23.7 Å². The zero-order valence-electron chi connectivity index (χ0n) is 18.0. The van der Waals surface area contributed by atoms with E-state index in [0.717, 1.165) is 22.7 Å². The lowest BCUT2D eigenvalue weighted by atomic mass is 10.1. The first-order valence-corrected chi connectivity index (χ1v) is 11.3. The average molecular weight is 535 g/mol. The maximum Gasteiger partial charge on any atom is 0.416 e. The number of nitro benzene ring substituents is 1. The summed E-state index contributed by atoms with van der Waals surface area (Å²) >= 11 is 6.87. The van der Waals surface area contributed by atoms with Crippen LogP contribution in [-0.2, 0) is 17.5 Å². The molecule has 1 aliphatic heterocycles. The normalized spacial score (nSPS) is 15.0. The summed E-state index contributed by atoms with van der Waals surface area (Å²) in [5.41, 5.74) is -0.986. The van der Waals surface area contributed by atoms with Crippen molar-refractivity contribution in [3.63, 3.8) is 0 Å². The van der Waals surface area contributed by atoms with Crippen LogP contribution >= 0.6 is 23.4 Å². The Morgan fingerprint density at radius 1 is 1.06 bits per heavy atom. The molecule has 1 saturated heterocycles. The number of alkyl halides is 3. The lowest BCUT2D eigenvalue weighted by molar-refractivity contribution is -0.385. The van der Waals surface area contributed by atoms with Gasteiger partial charge in [-0.2, -0.15) is 13.2 Å². The molecule has 12 heteroatoms. The zero-order valence-corrected chi connectivity index (χ0v) is 19.6. The molecule has 3 aromatic rings. The number of nitro groups is 1. The fourth-order valence-electron chi connectivity index (χ4n) is 3.30. The number of halogens is 4. The van der Waals surface area contributed by atoms with Crippen LogP contribution in [0.1, 0.15) is 16.7 Å². The van der Waals surface area contributed by atoms with Crippen molar-refractivity contribution in [2.45, 2.75) is 12.7 Å². The van der Waals surface area contributed by atoms with Crippen molar-refractivity contribution < 1.29 is 32.4 Å². The number of imide groups is 1. The molecule has 0 aromatic heterocycles. The minimum atomic E-state index is -4.75. The predicted octanol–water partition coefficient (Wildman–Crippen LogP) is 7.30. The molecule has 4 rings (SSSR count). The number of hydrogen-bond acceptors (Lipinski definition) is 6. The highest BCUT2D eigenvalue weighted by molar-refractivity contribution is 8.18. The summed E-state index contributed by atoms with van der Waals surface area (Å²) in [4.78, 5) is 36.8. The first-order chi connectivity index (χ1) is 17.0. The van der Waals surface area contributed by atoms with Crippen molar-refractivity contribution in [3.05, 3.63) is 103 Å². The van der Waals surface area contributed by atoms with Gasteiger partial charge in [0.15, 0.2) is 0 Å². The first-order valence-electron chi connectivity index (χ1n) is 10.2. The maximum absolute atomic E-state index is 12.9. The standard InChI is InChI=1S/C24H14ClF3N2O5S/c25-18-7-2-1-5-15(18)13-29-22(31)21(36-23(29)32)11-14-4-3-6-17(10-14)35-20-9-8-16(24(26,27)28)12-19(20)30(33)34/h1-12H,13H2/b21-11-. The van der Waals surface area contributed by atoms with E-state index in [0.29, 0.717) is 28.3 Å². The highest BCUT2D eigenvalue weighted by Crippen LogP contribution is 2.39. The Morgan fingerprint density at radius 3 is 2.50 bits per heavy atom. The summed E-state index contributed by atoms with van der Waals surface area (Å²) in [6.07, 6.45) is -3.30. The number of rotatable bonds is 6. The fourth-order valence-corrected chi connectivity index (χ4v) is 4.34. The Labute approximate surface area is 211 Å². The van der Waals surface area contributed by atoms with E-state index >= 15 is 0 Å². The second kappa shape index (κ2) is 10.0. The SMILES string of the molecule is O=C1S/C(=C\c2cccc(Oc3ccc(C(F)(F)F)cc3[N+](=O)[O-])c2)C(=O)N1Cc1ccccc1Cl. The summed E-state index contributed by atoms with van der Waals surface area (Å²) in [5, 5.41) is 11.2. The Kier molecular flexibility index (Phi) is 7.04. The van der Waals surface area contributed by atoms with E-state index in [9.17, 15) is 32.9 Å². The van der Waals surface area contributed by atoms with Gasteiger partial charge in [-0.25, -0.2) is 0 Å². The summed E-state index contributed by atoms with van der Waals surface area (Å²) in [6, 6.07) is 14.8. The van der Waals surface area contributed by atoms with Crippen LogP contribution in [0.3, 0.4) is 0 Å². The lowest BCUT2D eigenvalue weighted by Gasteiger charge is -2.13. The lowest BCUT2D eigenvalue weighted by Crippen LogP contribution is -2.27. The second-order valence-electron chi connectivity index (χ2n) is 7.47. The molecule has 2 amide bonds. The molecular formula is C24H14ClF3N2O5S. The van der Waals surface area contributed by atoms with Crippen molar-refractivity contribution in [2.75, 3.05) is 0 Å². The van der Waals surface area contributed by atoms with Crippen LogP contribution in [0.25, 0.3) is 6.08 Å². The molecule has 0 bridgehead atoms. The average Bonchev–Trinajstić information content (AvgIpc) is 3.07. The summed E-state index contributed by atoms with van der Waals surface area (Å²) in [5.74, 6) is -0.818. The molecule has 1 aliphatic rings. The number of carbonyl (C=O) groups is 2. The molecular weight excluding hydrogens is 521 g/mol. The van der Waals surface area contributed by atoms with Gasteiger partial charge in [-0.1, -0.05) is 41.9 Å². The second-order valence-corrected chi connectivity index (χ2v) is 8.87. The molecule has 0 radical (unpaired) electrons. The summed E-state index contributed by atoms with van der Waals surface area (Å²) in [6.45, 7) is 0.00240. The quantitative estimate of drug-likeness (QED) is 0.187. The van der Waals surface area contributed by atoms with Crippen molar-refractivity contribution >= 4 is 46.3 Å². The third-order valence-electron chi connectivity index (χ3n) is 5.03. The maximum atomic E-state index is 12.9. The van der Waals surface area contributed by atoms with Crippen molar-refractivity contribution in [1.82, 2.24) is 4.90 Å². The van der Waals surface area contributed by atoms with E-state index in [-0.39, 0.29) is 22.9 Å². The van der Waals surface area contributed by atoms with Gasteiger partial charge >= 0.3 is 11.9 Å². The van der Waals surface area contributed by atoms with E-state index in [1.807, 2.05) is 0 Å². The number of nitrogens with zero attached hydrogens (tertiary/aromatic N) is 2. The molecule has 3 aromatic carbocycles. The molecule has 1 fully saturated rings. The topological polar surface area (TPSA) is 89.7 Å². The Balaban J connectivity index is 1.56. The zero-order chi connectivity index (χ0) is 26.0. The predicted molar refractivity (Wildman–Crippen MR) is 128 cm³/mol. The largest absolute Gasteiger partial charge is 0.450 e. The van der Waals surface area contributed by atoms with Gasteiger partial charge in [0.1, 0.15) is 5.75 Å². The van der Waals surface area contributed by atoms with Gasteiger partial charge < -0.3 is 4.74 Å². The summed E-state index contributed by atoms with van der Waals surface area (Å²) in [7, 11) is 0. The molecule has 0 atom stereocenters. The number of amides is 2. The number of ether oxygens (including phenoxy) is 1. The van der Waals surface area contributed by atoms with Gasteiger partial charge in [-0.3, -0.25) is 24.6 Å². The molecule has 0 saturated carbocycles. The monoisotopic (exact) mass is 534 g/mol. The van der Waals surface area contributed by atoms with Gasteiger partial charge in [0.2, 0.25) is 5.75 Å². The third-order valence-corrected chi connectivity index (χ3v) is 6.30. The number of hydrogen-bond donors (Lipinski definition) is 0. The Morgan fingerprint density at radius 2 is 1.81 bits per heavy atom. The fraction of sp³-hybridized carbons (Fsp3) is 0.0833. The number of carbonyl (C=O) groups excluding carboxylic acids is 2. The van der Waals surface area contributed by atoms with E-state index in [1.165, 1.54) is 24.3 Å². The molecule has 0 spiro atoms. The van der Waals surface area contributed by atoms with E-state index in [4.69, 9.17) is 16.3 Å². The van der Waals surface area contributed by atoms with Crippen LogP contribution in [0, 0.1) is 10.1 Å². The molecule has 7 nitrogen and oxygen atoms in total. The van der Waals surface area contributed by atoms with Crippen LogP contribution in [0.2, 0.25) is 5.02 Å². The van der Waals surface area contributed by atoms with Crippen LogP contribution in [-0.4, -0.2) is 21.0 Å².